The lowest BCUT2D eigenvalue weighted by Crippen LogP contribution is -2.47. The number of hydrogen-bond acceptors (Lipinski definition) is 5. The molecule has 2 aromatic rings. The van der Waals surface area contributed by atoms with Crippen LogP contribution in [0.15, 0.2) is 47.8 Å². The molecule has 0 aliphatic carbocycles. The molecule has 138 valence electrons. The highest BCUT2D eigenvalue weighted by Crippen LogP contribution is 2.18. The Balaban J connectivity index is 1.55. The zero-order chi connectivity index (χ0) is 18.4. The lowest BCUT2D eigenvalue weighted by atomic mass is 10.0. The Labute approximate surface area is 160 Å². The molecule has 0 amide bonds. The average molecular weight is 373 g/mol. The molecule has 6 heteroatoms. The van der Waals surface area contributed by atoms with Gasteiger partial charge in [-0.05, 0) is 42.3 Å². The third-order valence-electron chi connectivity index (χ3n) is 4.70. The van der Waals surface area contributed by atoms with Gasteiger partial charge in [0.1, 0.15) is 12.9 Å². The van der Waals surface area contributed by atoms with Gasteiger partial charge in [-0.2, -0.15) is 0 Å². The molecule has 0 atom stereocenters. The van der Waals surface area contributed by atoms with Gasteiger partial charge in [0.2, 0.25) is 0 Å². The van der Waals surface area contributed by atoms with Crippen LogP contribution in [-0.4, -0.2) is 55.4 Å². The maximum Gasteiger partial charge on any atom is 0.128 e. The zero-order valence-corrected chi connectivity index (χ0v) is 16.1. The maximum absolute atomic E-state index is 6.14. The number of hydrogen-bond donors (Lipinski definition) is 0. The summed E-state index contributed by atoms with van der Waals surface area (Å²) in [5, 5.41) is 5.01. The van der Waals surface area contributed by atoms with Crippen molar-refractivity contribution in [1.82, 2.24) is 9.88 Å². The van der Waals surface area contributed by atoms with E-state index < -0.39 is 0 Å². The predicted molar refractivity (Wildman–Crippen MR) is 107 cm³/mol. The van der Waals surface area contributed by atoms with Crippen LogP contribution in [0.4, 0.5) is 5.82 Å². The number of rotatable bonds is 6. The van der Waals surface area contributed by atoms with E-state index in [0.717, 1.165) is 66.8 Å². The molecule has 26 heavy (non-hydrogen) atoms. The molecule has 0 unspecified atom stereocenters. The fraction of sp³-hybridized carbons (Fsp3) is 0.400. The minimum atomic E-state index is 0.774. The Bertz CT molecular complexity index is 743. The second kappa shape index (κ2) is 9.01. The van der Waals surface area contributed by atoms with E-state index in [9.17, 15) is 0 Å². The fourth-order valence-corrected chi connectivity index (χ4v) is 3.30. The summed E-state index contributed by atoms with van der Waals surface area (Å²) in [5.41, 5.74) is 3.08. The van der Waals surface area contributed by atoms with Crippen molar-refractivity contribution in [1.29, 1.82) is 0 Å². The van der Waals surface area contributed by atoms with Crippen LogP contribution in [0.2, 0.25) is 5.02 Å². The van der Waals surface area contributed by atoms with Gasteiger partial charge in [0, 0.05) is 50.4 Å². The van der Waals surface area contributed by atoms with E-state index >= 15 is 0 Å². The van der Waals surface area contributed by atoms with Gasteiger partial charge in [-0.15, -0.1) is 0 Å². The number of aryl methyl sites for hydroxylation is 1. The molecule has 0 spiro atoms. The number of halogens is 1. The van der Waals surface area contributed by atoms with Crippen molar-refractivity contribution in [2.75, 3.05) is 44.7 Å². The summed E-state index contributed by atoms with van der Waals surface area (Å²) in [6, 6.07) is 12.1. The molecule has 5 nitrogen and oxygen atoms in total. The highest BCUT2D eigenvalue weighted by molar-refractivity contribution is 6.31. The fourth-order valence-electron chi connectivity index (χ4n) is 3.18. The van der Waals surface area contributed by atoms with Gasteiger partial charge >= 0.3 is 0 Å². The molecule has 1 aliphatic rings. The molecule has 0 radical (unpaired) electrons. The number of nitrogens with zero attached hydrogens (tertiary/aromatic N) is 4. The standard InChI is InChI=1S/C20H25ClN4O/c1-16-15-17(6-7-18(16)21)19(23-26-2)8-10-24-11-13-25(14-12-24)20-5-3-4-9-22-20/h3-7,9,15H,8,10-14H2,1-2H3. The summed E-state index contributed by atoms with van der Waals surface area (Å²) >= 11 is 6.14. The number of oxime groups is 1. The number of aromatic nitrogens is 1. The molecular formula is C20H25ClN4O. The summed E-state index contributed by atoms with van der Waals surface area (Å²) in [4.78, 5) is 14.3. The van der Waals surface area contributed by atoms with Crippen LogP contribution in [0.5, 0.6) is 0 Å². The van der Waals surface area contributed by atoms with E-state index in [0.29, 0.717) is 0 Å². The molecular weight excluding hydrogens is 348 g/mol. The quantitative estimate of drug-likeness (QED) is 0.573. The minimum Gasteiger partial charge on any atom is -0.399 e. The first kappa shape index (κ1) is 18.7. The summed E-state index contributed by atoms with van der Waals surface area (Å²) in [7, 11) is 1.59. The maximum atomic E-state index is 6.14. The highest BCUT2D eigenvalue weighted by atomic mass is 35.5. The summed E-state index contributed by atoms with van der Waals surface area (Å²) in [5.74, 6) is 1.06. The van der Waals surface area contributed by atoms with Crippen molar-refractivity contribution in [3.63, 3.8) is 0 Å². The average Bonchev–Trinajstić information content (AvgIpc) is 2.68. The third kappa shape index (κ3) is 4.74. The van der Waals surface area contributed by atoms with Gasteiger partial charge in [0.25, 0.3) is 0 Å². The van der Waals surface area contributed by atoms with Crippen molar-refractivity contribution < 1.29 is 4.84 Å². The van der Waals surface area contributed by atoms with Gasteiger partial charge in [-0.25, -0.2) is 4.98 Å². The molecule has 2 heterocycles. The number of pyridine rings is 1. The van der Waals surface area contributed by atoms with Crippen LogP contribution in [0.1, 0.15) is 17.5 Å². The minimum absolute atomic E-state index is 0.774. The smallest absolute Gasteiger partial charge is 0.128 e. The molecule has 1 aliphatic heterocycles. The SMILES string of the molecule is CON=C(CCN1CCN(c2ccccn2)CC1)c1ccc(Cl)c(C)c1. The third-order valence-corrected chi connectivity index (χ3v) is 5.13. The van der Waals surface area contributed by atoms with E-state index in [1.54, 1.807) is 7.11 Å². The van der Waals surface area contributed by atoms with Gasteiger partial charge < -0.3 is 9.74 Å². The Morgan fingerprint density at radius 3 is 2.65 bits per heavy atom. The Morgan fingerprint density at radius 1 is 1.19 bits per heavy atom. The molecule has 0 bridgehead atoms. The highest BCUT2D eigenvalue weighted by Gasteiger charge is 2.18. The van der Waals surface area contributed by atoms with E-state index in [4.69, 9.17) is 16.4 Å². The van der Waals surface area contributed by atoms with Crippen molar-refractivity contribution in [3.8, 4) is 0 Å². The topological polar surface area (TPSA) is 41.0 Å². The van der Waals surface area contributed by atoms with Crippen LogP contribution in [0.3, 0.4) is 0 Å². The molecule has 1 saturated heterocycles. The largest absolute Gasteiger partial charge is 0.399 e. The van der Waals surface area contributed by atoms with Crippen molar-refractivity contribution in [3.05, 3.63) is 58.7 Å². The van der Waals surface area contributed by atoms with E-state index in [-0.39, 0.29) is 0 Å². The molecule has 1 fully saturated rings. The Morgan fingerprint density at radius 2 is 2.00 bits per heavy atom. The summed E-state index contributed by atoms with van der Waals surface area (Å²) in [6.07, 6.45) is 2.70. The molecule has 0 saturated carbocycles. The van der Waals surface area contributed by atoms with E-state index in [1.807, 2.05) is 37.4 Å². The monoisotopic (exact) mass is 372 g/mol. The van der Waals surface area contributed by atoms with Gasteiger partial charge in [0.15, 0.2) is 0 Å². The first-order valence-corrected chi connectivity index (χ1v) is 9.30. The predicted octanol–water partition coefficient (Wildman–Crippen LogP) is 3.61. The molecule has 1 aromatic carbocycles. The van der Waals surface area contributed by atoms with Crippen LogP contribution in [0.25, 0.3) is 0 Å². The van der Waals surface area contributed by atoms with E-state index in [2.05, 4.69) is 32.1 Å². The first-order chi connectivity index (χ1) is 12.7. The van der Waals surface area contributed by atoms with Crippen LogP contribution in [-0.2, 0) is 4.84 Å². The Kier molecular flexibility index (Phi) is 6.47. The van der Waals surface area contributed by atoms with Crippen LogP contribution in [0, 0.1) is 6.92 Å². The lowest BCUT2D eigenvalue weighted by Gasteiger charge is -2.35. The van der Waals surface area contributed by atoms with Crippen LogP contribution < -0.4 is 4.90 Å². The van der Waals surface area contributed by atoms with Gasteiger partial charge in [-0.1, -0.05) is 28.9 Å². The number of anilines is 1. The molecule has 1 aromatic heterocycles. The van der Waals surface area contributed by atoms with Crippen molar-refractivity contribution >= 4 is 23.1 Å². The van der Waals surface area contributed by atoms with Crippen molar-refractivity contribution in [2.45, 2.75) is 13.3 Å². The molecule has 0 N–H and O–H groups in total. The zero-order valence-electron chi connectivity index (χ0n) is 15.4. The lowest BCUT2D eigenvalue weighted by molar-refractivity contribution is 0.211. The Hall–Kier alpha value is -2.11. The summed E-state index contributed by atoms with van der Waals surface area (Å²) < 4.78 is 0. The van der Waals surface area contributed by atoms with Gasteiger partial charge in [-0.3, -0.25) is 4.90 Å². The second-order valence-corrected chi connectivity index (χ2v) is 6.86. The van der Waals surface area contributed by atoms with E-state index in [1.165, 1.54) is 0 Å². The first-order valence-electron chi connectivity index (χ1n) is 8.92. The van der Waals surface area contributed by atoms with Crippen LogP contribution >= 0.6 is 11.6 Å². The second-order valence-electron chi connectivity index (χ2n) is 6.45. The normalized spacial score (nSPS) is 16.0. The summed E-state index contributed by atoms with van der Waals surface area (Å²) in [6.45, 7) is 7.00. The van der Waals surface area contributed by atoms with Crippen molar-refractivity contribution in [2.24, 2.45) is 5.16 Å². The number of piperazine rings is 1. The molecule has 3 rings (SSSR count). The van der Waals surface area contributed by atoms with Gasteiger partial charge in [0.05, 0.1) is 5.71 Å². The number of benzene rings is 1.